The SMILES string of the molecule is Cc1nc(Cc2ccc(C(F)(F)F)c(F)c2)sc1NC(=O)O. The number of rotatable bonds is 3. The van der Waals surface area contributed by atoms with Crippen molar-refractivity contribution >= 4 is 22.4 Å². The summed E-state index contributed by atoms with van der Waals surface area (Å²) in [7, 11) is 0. The molecular formula is C13H10F4N2O2S. The average molecular weight is 334 g/mol. The van der Waals surface area contributed by atoms with E-state index in [1.54, 1.807) is 6.92 Å². The summed E-state index contributed by atoms with van der Waals surface area (Å²) in [5.74, 6) is -1.35. The summed E-state index contributed by atoms with van der Waals surface area (Å²) >= 11 is 1.05. The number of hydrogen-bond acceptors (Lipinski definition) is 3. The zero-order valence-electron chi connectivity index (χ0n) is 11.2. The molecule has 0 atom stereocenters. The minimum atomic E-state index is -4.74. The number of anilines is 1. The predicted molar refractivity (Wildman–Crippen MR) is 72.7 cm³/mol. The largest absolute Gasteiger partial charge is 0.465 e. The van der Waals surface area contributed by atoms with Gasteiger partial charge in [0.25, 0.3) is 0 Å². The highest BCUT2D eigenvalue weighted by Crippen LogP contribution is 2.32. The van der Waals surface area contributed by atoms with Crippen molar-refractivity contribution in [1.82, 2.24) is 4.98 Å². The first kappa shape index (κ1) is 16.2. The van der Waals surface area contributed by atoms with Crippen molar-refractivity contribution in [1.29, 1.82) is 0 Å². The first-order valence-electron chi connectivity index (χ1n) is 5.98. The second-order valence-corrected chi connectivity index (χ2v) is 5.52. The number of nitrogens with zero attached hydrogens (tertiary/aromatic N) is 1. The fraction of sp³-hybridized carbons (Fsp3) is 0.231. The third kappa shape index (κ3) is 3.73. The summed E-state index contributed by atoms with van der Waals surface area (Å²) in [5, 5.41) is 11.6. The maximum absolute atomic E-state index is 13.5. The molecule has 0 aliphatic heterocycles. The lowest BCUT2D eigenvalue weighted by molar-refractivity contribution is -0.140. The van der Waals surface area contributed by atoms with Gasteiger partial charge in [-0.05, 0) is 24.6 Å². The normalized spacial score (nSPS) is 11.5. The molecular weight excluding hydrogens is 324 g/mol. The minimum Gasteiger partial charge on any atom is -0.465 e. The molecule has 2 rings (SSSR count). The van der Waals surface area contributed by atoms with Crippen molar-refractivity contribution in [3.63, 3.8) is 0 Å². The zero-order chi connectivity index (χ0) is 16.5. The van der Waals surface area contributed by atoms with Crippen LogP contribution in [0.5, 0.6) is 0 Å². The summed E-state index contributed by atoms with van der Waals surface area (Å²) in [6, 6.07) is 2.67. The number of aryl methyl sites for hydroxylation is 1. The molecule has 0 unspecified atom stereocenters. The third-order valence-electron chi connectivity index (χ3n) is 2.76. The van der Waals surface area contributed by atoms with Crippen molar-refractivity contribution in [3.05, 3.63) is 45.8 Å². The molecule has 0 spiro atoms. The number of hydrogen-bond donors (Lipinski definition) is 2. The smallest absolute Gasteiger partial charge is 0.419 e. The molecule has 0 aliphatic carbocycles. The van der Waals surface area contributed by atoms with Crippen LogP contribution in [-0.4, -0.2) is 16.2 Å². The lowest BCUT2D eigenvalue weighted by Crippen LogP contribution is -2.08. The van der Waals surface area contributed by atoms with E-state index in [1.165, 1.54) is 6.07 Å². The number of aromatic nitrogens is 1. The molecule has 0 aliphatic rings. The van der Waals surface area contributed by atoms with E-state index in [-0.39, 0.29) is 6.42 Å². The van der Waals surface area contributed by atoms with E-state index < -0.39 is 23.7 Å². The molecule has 1 aromatic carbocycles. The van der Waals surface area contributed by atoms with Gasteiger partial charge in [-0.2, -0.15) is 13.2 Å². The topological polar surface area (TPSA) is 62.2 Å². The van der Waals surface area contributed by atoms with Crippen LogP contribution in [0.2, 0.25) is 0 Å². The van der Waals surface area contributed by atoms with Gasteiger partial charge in [0.05, 0.1) is 16.3 Å². The van der Waals surface area contributed by atoms with Crippen LogP contribution in [0.3, 0.4) is 0 Å². The van der Waals surface area contributed by atoms with Crippen molar-refractivity contribution in [3.8, 4) is 0 Å². The van der Waals surface area contributed by atoms with Crippen LogP contribution in [-0.2, 0) is 12.6 Å². The van der Waals surface area contributed by atoms with Crippen LogP contribution < -0.4 is 5.32 Å². The third-order valence-corrected chi connectivity index (χ3v) is 3.83. The number of carbonyl (C=O) groups is 1. The average Bonchev–Trinajstić information content (AvgIpc) is 2.67. The first-order valence-corrected chi connectivity index (χ1v) is 6.80. The van der Waals surface area contributed by atoms with Gasteiger partial charge in [0.15, 0.2) is 0 Å². The monoisotopic (exact) mass is 334 g/mol. The minimum absolute atomic E-state index is 0.113. The van der Waals surface area contributed by atoms with Gasteiger partial charge in [0, 0.05) is 6.42 Å². The molecule has 2 aromatic rings. The molecule has 22 heavy (non-hydrogen) atoms. The van der Waals surface area contributed by atoms with Crippen LogP contribution >= 0.6 is 11.3 Å². The molecule has 0 fully saturated rings. The zero-order valence-corrected chi connectivity index (χ0v) is 12.0. The summed E-state index contributed by atoms with van der Waals surface area (Å²) in [4.78, 5) is 14.7. The molecule has 0 radical (unpaired) electrons. The Balaban J connectivity index is 2.21. The Hall–Kier alpha value is -2.16. The van der Waals surface area contributed by atoms with E-state index in [4.69, 9.17) is 5.11 Å². The van der Waals surface area contributed by atoms with E-state index in [9.17, 15) is 22.4 Å². The Kier molecular flexibility index (Phi) is 4.36. The van der Waals surface area contributed by atoms with Crippen molar-refractivity contribution < 1.29 is 27.5 Å². The standard InChI is InChI=1S/C13H10F4N2O2S/c1-6-11(19-12(20)21)22-10(18-6)5-7-2-3-8(9(14)4-7)13(15,16)17/h2-4,19H,5H2,1H3,(H,20,21). The lowest BCUT2D eigenvalue weighted by atomic mass is 10.1. The molecule has 1 amide bonds. The molecule has 0 saturated carbocycles. The molecule has 118 valence electrons. The van der Waals surface area contributed by atoms with Crippen LogP contribution in [0.25, 0.3) is 0 Å². The highest BCUT2D eigenvalue weighted by atomic mass is 32.1. The predicted octanol–water partition coefficient (Wildman–Crippen LogP) is 4.29. The van der Waals surface area contributed by atoms with Gasteiger partial charge in [0.1, 0.15) is 10.8 Å². The van der Waals surface area contributed by atoms with Crippen LogP contribution in [0, 0.1) is 12.7 Å². The molecule has 0 bridgehead atoms. The second kappa shape index (κ2) is 5.91. The van der Waals surface area contributed by atoms with Gasteiger partial charge in [-0.1, -0.05) is 6.07 Å². The van der Waals surface area contributed by atoms with Crippen molar-refractivity contribution in [2.24, 2.45) is 0 Å². The number of halogens is 4. The summed E-state index contributed by atoms with van der Waals surface area (Å²) < 4.78 is 50.9. The molecule has 0 saturated heterocycles. The Morgan fingerprint density at radius 3 is 2.64 bits per heavy atom. The summed E-state index contributed by atoms with van der Waals surface area (Å²) in [5.41, 5.74) is -0.546. The number of carboxylic acid groups (broad SMARTS) is 1. The number of benzene rings is 1. The number of amides is 1. The highest BCUT2D eigenvalue weighted by molar-refractivity contribution is 7.16. The number of nitrogens with one attached hydrogen (secondary N) is 1. The Morgan fingerprint density at radius 2 is 2.09 bits per heavy atom. The fourth-order valence-corrected chi connectivity index (χ4v) is 2.80. The Morgan fingerprint density at radius 1 is 1.41 bits per heavy atom. The van der Waals surface area contributed by atoms with Crippen molar-refractivity contribution in [2.45, 2.75) is 19.5 Å². The van der Waals surface area contributed by atoms with Crippen LogP contribution in [0.1, 0.15) is 21.8 Å². The maximum Gasteiger partial charge on any atom is 0.419 e. The van der Waals surface area contributed by atoms with Gasteiger partial charge in [-0.3, -0.25) is 5.32 Å². The molecule has 4 nitrogen and oxygen atoms in total. The van der Waals surface area contributed by atoms with Crippen LogP contribution in [0.15, 0.2) is 18.2 Å². The quantitative estimate of drug-likeness (QED) is 0.823. The molecule has 9 heteroatoms. The fourth-order valence-electron chi connectivity index (χ4n) is 1.81. The number of alkyl halides is 3. The highest BCUT2D eigenvalue weighted by Gasteiger charge is 2.33. The Labute approximate surface area is 126 Å². The Bertz CT molecular complexity index is 713. The maximum atomic E-state index is 13.5. The summed E-state index contributed by atoms with van der Waals surface area (Å²) in [6.07, 6.45) is -5.86. The van der Waals surface area contributed by atoms with E-state index in [0.717, 1.165) is 17.4 Å². The van der Waals surface area contributed by atoms with E-state index >= 15 is 0 Å². The van der Waals surface area contributed by atoms with Gasteiger partial charge in [0.2, 0.25) is 0 Å². The molecule has 2 N–H and O–H groups in total. The summed E-state index contributed by atoms with van der Waals surface area (Å²) in [6.45, 7) is 1.60. The lowest BCUT2D eigenvalue weighted by Gasteiger charge is -2.08. The van der Waals surface area contributed by atoms with Crippen LogP contribution in [0.4, 0.5) is 27.4 Å². The molecule has 1 aromatic heterocycles. The van der Waals surface area contributed by atoms with E-state index in [0.29, 0.717) is 27.3 Å². The molecule has 1 heterocycles. The van der Waals surface area contributed by atoms with Gasteiger partial charge in [-0.15, -0.1) is 11.3 Å². The van der Waals surface area contributed by atoms with Gasteiger partial charge >= 0.3 is 12.3 Å². The first-order chi connectivity index (χ1) is 10.2. The van der Waals surface area contributed by atoms with E-state index in [2.05, 4.69) is 10.3 Å². The number of thiazole rings is 1. The van der Waals surface area contributed by atoms with Crippen molar-refractivity contribution in [2.75, 3.05) is 5.32 Å². The van der Waals surface area contributed by atoms with Gasteiger partial charge in [-0.25, -0.2) is 14.2 Å². The van der Waals surface area contributed by atoms with Gasteiger partial charge < -0.3 is 5.11 Å². The second-order valence-electron chi connectivity index (χ2n) is 4.44. The van der Waals surface area contributed by atoms with E-state index in [1.807, 2.05) is 0 Å².